The molecule has 0 aliphatic carbocycles. The number of carbonyl (C=O) groups is 1. The molecule has 0 aromatic rings. The molecule has 0 saturated carbocycles. The average Bonchev–Trinajstić information content (AvgIpc) is 2.40. The molecule has 1 fully saturated rings. The summed E-state index contributed by atoms with van der Waals surface area (Å²) in [5.74, 6) is -1.70. The summed E-state index contributed by atoms with van der Waals surface area (Å²) in [5, 5.41) is 0. The Morgan fingerprint density at radius 2 is 1.74 bits per heavy atom. The molecule has 1 unspecified atom stereocenters. The van der Waals surface area contributed by atoms with Crippen molar-refractivity contribution in [2.75, 3.05) is 26.4 Å². The number of esters is 1. The third-order valence-electron chi connectivity index (χ3n) is 3.26. The maximum Gasteiger partial charge on any atom is 0.427 e. The van der Waals surface area contributed by atoms with Crippen LogP contribution < -0.4 is 0 Å². The Morgan fingerprint density at radius 1 is 1.13 bits per heavy atom. The maximum absolute atomic E-state index is 12.6. The van der Waals surface area contributed by atoms with Crippen molar-refractivity contribution in [1.82, 2.24) is 0 Å². The van der Waals surface area contributed by atoms with Gasteiger partial charge in [0.2, 0.25) is 6.10 Å². The SMILES string of the molecule is O=C(CC(F)(F)F)OC(COCCC1CCOCC1)C(F)(F)F. The van der Waals surface area contributed by atoms with Crippen LogP contribution in [-0.2, 0) is 19.0 Å². The Morgan fingerprint density at radius 3 is 2.26 bits per heavy atom. The summed E-state index contributed by atoms with van der Waals surface area (Å²) in [5.41, 5.74) is 0. The van der Waals surface area contributed by atoms with E-state index >= 15 is 0 Å². The van der Waals surface area contributed by atoms with Gasteiger partial charge in [-0.25, -0.2) is 0 Å². The molecule has 0 aromatic carbocycles. The highest BCUT2D eigenvalue weighted by molar-refractivity contribution is 5.70. The van der Waals surface area contributed by atoms with E-state index in [1.807, 2.05) is 0 Å². The zero-order valence-electron chi connectivity index (χ0n) is 12.2. The maximum atomic E-state index is 12.6. The Kier molecular flexibility index (Phi) is 7.59. The number of halogens is 6. The predicted molar refractivity (Wildman–Crippen MR) is 65.6 cm³/mol. The molecule has 1 aliphatic rings. The van der Waals surface area contributed by atoms with Crippen molar-refractivity contribution in [2.24, 2.45) is 5.92 Å². The summed E-state index contributed by atoms with van der Waals surface area (Å²) in [7, 11) is 0. The molecule has 1 aliphatic heterocycles. The van der Waals surface area contributed by atoms with Gasteiger partial charge < -0.3 is 14.2 Å². The molecular formula is C13H18F6O4. The molecule has 0 radical (unpaired) electrons. The van der Waals surface area contributed by atoms with Crippen molar-refractivity contribution < 1.29 is 45.3 Å². The molecular weight excluding hydrogens is 334 g/mol. The summed E-state index contributed by atoms with van der Waals surface area (Å²) < 4.78 is 87.6. The lowest BCUT2D eigenvalue weighted by Gasteiger charge is -2.23. The van der Waals surface area contributed by atoms with Gasteiger partial charge in [-0.05, 0) is 25.2 Å². The molecule has 0 bridgehead atoms. The quantitative estimate of drug-likeness (QED) is 0.401. The first-order chi connectivity index (χ1) is 10.6. The monoisotopic (exact) mass is 352 g/mol. The number of hydrogen-bond donors (Lipinski definition) is 0. The summed E-state index contributed by atoms with van der Waals surface area (Å²) in [6.07, 6.45) is -12.6. The van der Waals surface area contributed by atoms with Gasteiger partial charge in [0.05, 0.1) is 6.61 Å². The number of ether oxygens (including phenoxy) is 3. The van der Waals surface area contributed by atoms with Crippen LogP contribution in [0.15, 0.2) is 0 Å². The van der Waals surface area contributed by atoms with Gasteiger partial charge in [-0.1, -0.05) is 0 Å². The lowest BCUT2D eigenvalue weighted by molar-refractivity contribution is -0.237. The molecule has 136 valence electrons. The second-order valence-corrected chi connectivity index (χ2v) is 5.23. The van der Waals surface area contributed by atoms with E-state index in [1.165, 1.54) is 0 Å². The molecule has 0 N–H and O–H groups in total. The van der Waals surface area contributed by atoms with Crippen LogP contribution in [0.4, 0.5) is 26.3 Å². The number of hydrogen-bond acceptors (Lipinski definition) is 4. The second-order valence-electron chi connectivity index (χ2n) is 5.23. The fourth-order valence-electron chi connectivity index (χ4n) is 2.03. The van der Waals surface area contributed by atoms with E-state index in [9.17, 15) is 31.1 Å². The summed E-state index contributed by atoms with van der Waals surface area (Å²) in [6.45, 7) is 0.167. The van der Waals surface area contributed by atoms with Crippen molar-refractivity contribution in [3.8, 4) is 0 Å². The number of carbonyl (C=O) groups excluding carboxylic acids is 1. The Bertz CT molecular complexity index is 362. The van der Waals surface area contributed by atoms with Crippen LogP contribution >= 0.6 is 0 Å². The summed E-state index contributed by atoms with van der Waals surface area (Å²) >= 11 is 0. The van der Waals surface area contributed by atoms with E-state index in [0.29, 0.717) is 19.6 Å². The first kappa shape index (κ1) is 20.0. The minimum absolute atomic E-state index is 0.00800. The van der Waals surface area contributed by atoms with Crippen LogP contribution in [0.1, 0.15) is 25.7 Å². The van der Waals surface area contributed by atoms with Gasteiger partial charge in [-0.15, -0.1) is 0 Å². The molecule has 4 nitrogen and oxygen atoms in total. The van der Waals surface area contributed by atoms with E-state index in [2.05, 4.69) is 4.74 Å². The van der Waals surface area contributed by atoms with E-state index in [0.717, 1.165) is 12.8 Å². The Hall–Kier alpha value is -1.03. The molecule has 0 spiro atoms. The molecule has 23 heavy (non-hydrogen) atoms. The molecule has 1 rings (SSSR count). The highest BCUT2D eigenvalue weighted by atomic mass is 19.4. The Balaban J connectivity index is 2.35. The van der Waals surface area contributed by atoms with E-state index in [1.54, 1.807) is 0 Å². The van der Waals surface area contributed by atoms with Crippen LogP contribution in [0.25, 0.3) is 0 Å². The molecule has 1 atom stereocenters. The lowest BCUT2D eigenvalue weighted by Crippen LogP contribution is -2.38. The smallest absolute Gasteiger partial charge is 0.427 e. The van der Waals surface area contributed by atoms with Gasteiger partial charge in [-0.2, -0.15) is 26.3 Å². The van der Waals surface area contributed by atoms with E-state index < -0.39 is 37.5 Å². The molecule has 1 saturated heterocycles. The fourth-order valence-corrected chi connectivity index (χ4v) is 2.03. The van der Waals surface area contributed by atoms with Gasteiger partial charge in [0.25, 0.3) is 0 Å². The van der Waals surface area contributed by atoms with Gasteiger partial charge in [-0.3, -0.25) is 4.79 Å². The lowest BCUT2D eigenvalue weighted by atomic mass is 9.97. The highest BCUT2D eigenvalue weighted by Crippen LogP contribution is 2.26. The average molecular weight is 352 g/mol. The van der Waals surface area contributed by atoms with E-state index in [-0.39, 0.29) is 12.5 Å². The second kappa shape index (κ2) is 8.72. The van der Waals surface area contributed by atoms with Crippen molar-refractivity contribution in [1.29, 1.82) is 0 Å². The van der Waals surface area contributed by atoms with Crippen LogP contribution in [0, 0.1) is 5.92 Å². The first-order valence-electron chi connectivity index (χ1n) is 7.06. The summed E-state index contributed by atoms with van der Waals surface area (Å²) in [4.78, 5) is 10.9. The van der Waals surface area contributed by atoms with Crippen molar-refractivity contribution in [3.05, 3.63) is 0 Å². The molecule has 0 amide bonds. The highest BCUT2D eigenvalue weighted by Gasteiger charge is 2.44. The van der Waals surface area contributed by atoms with Crippen LogP contribution in [-0.4, -0.2) is 50.9 Å². The molecule has 1 heterocycles. The van der Waals surface area contributed by atoms with Gasteiger partial charge in [0.15, 0.2) is 0 Å². The molecule has 0 aromatic heterocycles. The number of rotatable bonds is 7. The van der Waals surface area contributed by atoms with Crippen LogP contribution in [0.3, 0.4) is 0 Å². The largest absolute Gasteiger partial charge is 0.450 e. The number of alkyl halides is 6. The van der Waals surface area contributed by atoms with Crippen molar-refractivity contribution in [3.63, 3.8) is 0 Å². The first-order valence-corrected chi connectivity index (χ1v) is 7.06. The minimum Gasteiger partial charge on any atom is -0.450 e. The molecule has 10 heteroatoms. The Labute approximate surface area is 129 Å². The predicted octanol–water partition coefficient (Wildman–Crippen LogP) is 3.25. The zero-order chi connectivity index (χ0) is 17.5. The van der Waals surface area contributed by atoms with Gasteiger partial charge in [0.1, 0.15) is 6.42 Å². The normalized spacial score (nSPS) is 18.7. The zero-order valence-corrected chi connectivity index (χ0v) is 12.2. The van der Waals surface area contributed by atoms with Crippen LogP contribution in [0.5, 0.6) is 0 Å². The third-order valence-corrected chi connectivity index (χ3v) is 3.26. The summed E-state index contributed by atoms with van der Waals surface area (Å²) in [6, 6.07) is 0. The fraction of sp³-hybridized carbons (Fsp3) is 0.923. The van der Waals surface area contributed by atoms with Gasteiger partial charge in [0, 0.05) is 19.8 Å². The minimum atomic E-state index is -4.99. The van der Waals surface area contributed by atoms with E-state index in [4.69, 9.17) is 9.47 Å². The standard InChI is InChI=1S/C13H18F6O4/c14-12(15,16)7-11(20)23-10(13(17,18)19)8-22-6-3-9-1-4-21-5-2-9/h9-10H,1-8H2. The van der Waals surface area contributed by atoms with Gasteiger partial charge >= 0.3 is 18.3 Å². The topological polar surface area (TPSA) is 44.8 Å². The third kappa shape index (κ3) is 8.99. The van der Waals surface area contributed by atoms with Crippen molar-refractivity contribution in [2.45, 2.75) is 44.1 Å². The van der Waals surface area contributed by atoms with Crippen molar-refractivity contribution >= 4 is 5.97 Å². The van der Waals surface area contributed by atoms with Crippen LogP contribution in [0.2, 0.25) is 0 Å².